The van der Waals surface area contributed by atoms with Crippen LogP contribution in [0.25, 0.3) is 21.8 Å². The zero-order valence-corrected chi connectivity index (χ0v) is 16.0. The number of H-pyrrole nitrogens is 1. The van der Waals surface area contributed by atoms with Gasteiger partial charge in [-0.05, 0) is 42.0 Å². The molecule has 0 aliphatic rings. The van der Waals surface area contributed by atoms with Crippen LogP contribution in [-0.4, -0.2) is 20.7 Å². The maximum Gasteiger partial charge on any atom is 0.255 e. The molecule has 0 radical (unpaired) electrons. The smallest absolute Gasteiger partial charge is 0.255 e. The molecule has 3 aromatic carbocycles. The molecule has 0 bridgehead atoms. The van der Waals surface area contributed by atoms with Gasteiger partial charge in [-0.15, -0.1) is 0 Å². The van der Waals surface area contributed by atoms with Gasteiger partial charge in [-0.25, -0.2) is 0 Å². The molecule has 144 valence electrons. The van der Waals surface area contributed by atoms with E-state index in [9.17, 15) is 10.1 Å². The first kappa shape index (κ1) is 17.7. The van der Waals surface area contributed by atoms with Crippen molar-refractivity contribution in [2.45, 2.75) is 6.54 Å². The van der Waals surface area contributed by atoms with Crippen molar-refractivity contribution >= 4 is 33.4 Å². The van der Waals surface area contributed by atoms with Crippen LogP contribution < -0.4 is 5.32 Å². The second-order valence-corrected chi connectivity index (χ2v) is 7.13. The minimum absolute atomic E-state index is 0.209. The number of carbonyl (C=O) groups excluding carboxylic acids is 1. The van der Waals surface area contributed by atoms with E-state index in [4.69, 9.17) is 0 Å². The van der Waals surface area contributed by atoms with E-state index in [-0.39, 0.29) is 5.91 Å². The molecular formula is C24H17N5O. The third-order valence-electron chi connectivity index (χ3n) is 5.16. The number of anilines is 1. The first-order valence-corrected chi connectivity index (χ1v) is 9.53. The summed E-state index contributed by atoms with van der Waals surface area (Å²) < 4.78 is 2.06. The van der Waals surface area contributed by atoms with Crippen molar-refractivity contribution in [3.8, 4) is 6.07 Å². The van der Waals surface area contributed by atoms with Crippen molar-refractivity contribution in [3.63, 3.8) is 0 Å². The van der Waals surface area contributed by atoms with Crippen LogP contribution in [0, 0.1) is 11.3 Å². The van der Waals surface area contributed by atoms with E-state index < -0.39 is 0 Å². The third-order valence-corrected chi connectivity index (χ3v) is 5.16. The molecule has 2 aromatic heterocycles. The Morgan fingerprint density at radius 1 is 1.10 bits per heavy atom. The fraction of sp³-hybridized carbons (Fsp3) is 0.0417. The highest BCUT2D eigenvalue weighted by Gasteiger charge is 2.12. The van der Waals surface area contributed by atoms with E-state index in [0.29, 0.717) is 23.4 Å². The van der Waals surface area contributed by atoms with Gasteiger partial charge in [-0.3, -0.25) is 9.89 Å². The quantitative estimate of drug-likeness (QED) is 0.466. The summed E-state index contributed by atoms with van der Waals surface area (Å²) in [5.41, 5.74) is 4.77. The lowest BCUT2D eigenvalue weighted by molar-refractivity contribution is 0.102. The van der Waals surface area contributed by atoms with Crippen LogP contribution in [0.15, 0.2) is 79.1 Å². The number of nitriles is 1. The van der Waals surface area contributed by atoms with Crippen molar-refractivity contribution in [2.75, 3.05) is 5.32 Å². The lowest BCUT2D eigenvalue weighted by atomic mass is 10.1. The Bertz CT molecular complexity index is 1420. The van der Waals surface area contributed by atoms with Gasteiger partial charge in [0, 0.05) is 40.3 Å². The molecule has 5 aromatic rings. The minimum atomic E-state index is -0.209. The Balaban J connectivity index is 1.45. The van der Waals surface area contributed by atoms with Crippen molar-refractivity contribution < 1.29 is 4.79 Å². The summed E-state index contributed by atoms with van der Waals surface area (Å²) in [5, 5.41) is 21.1. The largest absolute Gasteiger partial charge is 0.342 e. The van der Waals surface area contributed by atoms with Crippen molar-refractivity contribution in [1.82, 2.24) is 14.8 Å². The molecule has 0 atom stereocenters. The number of amides is 1. The molecule has 0 unspecified atom stereocenters. The first-order chi connectivity index (χ1) is 14.7. The number of hydrogen-bond donors (Lipinski definition) is 2. The summed E-state index contributed by atoms with van der Waals surface area (Å²) >= 11 is 0. The molecule has 6 heteroatoms. The van der Waals surface area contributed by atoms with E-state index in [1.54, 1.807) is 18.3 Å². The highest BCUT2D eigenvalue weighted by Crippen LogP contribution is 2.26. The summed E-state index contributed by atoms with van der Waals surface area (Å²) in [4.78, 5) is 12.7. The topological polar surface area (TPSA) is 86.5 Å². The maximum atomic E-state index is 12.7. The molecule has 30 heavy (non-hydrogen) atoms. The number of nitrogens with zero attached hydrogens (tertiary/aromatic N) is 3. The molecular weight excluding hydrogens is 374 g/mol. The van der Waals surface area contributed by atoms with Gasteiger partial charge < -0.3 is 9.88 Å². The van der Waals surface area contributed by atoms with Gasteiger partial charge in [0.1, 0.15) is 6.07 Å². The van der Waals surface area contributed by atoms with Gasteiger partial charge in [-0.1, -0.05) is 30.3 Å². The number of aromatic nitrogens is 3. The van der Waals surface area contributed by atoms with Crippen LogP contribution in [0.5, 0.6) is 0 Å². The Labute approximate surface area is 172 Å². The number of carbonyl (C=O) groups is 1. The molecule has 6 nitrogen and oxygen atoms in total. The molecule has 1 amide bonds. The van der Waals surface area contributed by atoms with Crippen LogP contribution in [0.4, 0.5) is 5.69 Å². The van der Waals surface area contributed by atoms with Crippen LogP contribution in [0.3, 0.4) is 0 Å². The second-order valence-electron chi connectivity index (χ2n) is 7.13. The number of aromatic amines is 1. The number of benzene rings is 3. The minimum Gasteiger partial charge on any atom is -0.342 e. The number of nitrogens with one attached hydrogen (secondary N) is 2. The van der Waals surface area contributed by atoms with Crippen LogP contribution >= 0.6 is 0 Å². The molecule has 0 saturated carbocycles. The molecule has 2 heterocycles. The van der Waals surface area contributed by atoms with Crippen LogP contribution in [0.2, 0.25) is 0 Å². The summed E-state index contributed by atoms with van der Waals surface area (Å²) in [7, 11) is 0. The maximum absolute atomic E-state index is 12.7. The second kappa shape index (κ2) is 7.22. The molecule has 5 rings (SSSR count). The van der Waals surface area contributed by atoms with E-state index in [1.807, 2.05) is 48.7 Å². The molecule has 0 fully saturated rings. The summed E-state index contributed by atoms with van der Waals surface area (Å²) in [6, 6.07) is 23.4. The zero-order valence-electron chi connectivity index (χ0n) is 16.0. The fourth-order valence-electron chi connectivity index (χ4n) is 3.66. The van der Waals surface area contributed by atoms with Gasteiger partial charge >= 0.3 is 0 Å². The summed E-state index contributed by atoms with van der Waals surface area (Å²) in [6.45, 7) is 0.676. The average molecular weight is 391 g/mol. The standard InChI is InChI=1S/C24H17N5O/c25-12-19-15-29(14-16-4-2-1-3-5-16)23-9-7-20(11-21(19)23)27-24(30)17-6-8-22-18(10-17)13-26-28-22/h1-11,13,15H,14H2,(H,26,28)(H,27,30). The number of fused-ring (bicyclic) bond motifs is 2. The monoisotopic (exact) mass is 391 g/mol. The SMILES string of the molecule is N#Cc1cn(Cc2ccccc2)c2ccc(NC(=O)c3ccc4[nH]ncc4c3)cc12. The Morgan fingerprint density at radius 2 is 1.97 bits per heavy atom. The average Bonchev–Trinajstić information content (AvgIpc) is 3.38. The highest BCUT2D eigenvalue weighted by molar-refractivity contribution is 6.07. The summed E-state index contributed by atoms with van der Waals surface area (Å²) in [5.74, 6) is -0.209. The molecule has 0 spiro atoms. The van der Waals surface area contributed by atoms with Crippen LogP contribution in [-0.2, 0) is 6.54 Å². The predicted molar refractivity (Wildman–Crippen MR) is 116 cm³/mol. The fourth-order valence-corrected chi connectivity index (χ4v) is 3.66. The lowest BCUT2D eigenvalue weighted by Gasteiger charge is -2.08. The molecule has 0 aliphatic carbocycles. The molecule has 2 N–H and O–H groups in total. The van der Waals surface area contributed by atoms with Crippen molar-refractivity contribution in [1.29, 1.82) is 5.26 Å². The van der Waals surface area contributed by atoms with E-state index in [1.165, 1.54) is 0 Å². The van der Waals surface area contributed by atoms with E-state index >= 15 is 0 Å². The van der Waals surface area contributed by atoms with Crippen molar-refractivity contribution in [2.24, 2.45) is 0 Å². The Morgan fingerprint density at radius 3 is 2.80 bits per heavy atom. The number of hydrogen-bond acceptors (Lipinski definition) is 3. The normalized spacial score (nSPS) is 10.9. The van der Waals surface area contributed by atoms with Gasteiger partial charge in [0.25, 0.3) is 5.91 Å². The van der Waals surface area contributed by atoms with Gasteiger partial charge in [0.05, 0.1) is 17.3 Å². The Hall–Kier alpha value is -4.37. The highest BCUT2D eigenvalue weighted by atomic mass is 16.1. The Kier molecular flexibility index (Phi) is 4.26. The third kappa shape index (κ3) is 3.19. The van der Waals surface area contributed by atoms with Gasteiger partial charge in [-0.2, -0.15) is 10.4 Å². The molecule has 0 aliphatic heterocycles. The number of rotatable bonds is 4. The van der Waals surface area contributed by atoms with Crippen LogP contribution in [0.1, 0.15) is 21.5 Å². The first-order valence-electron chi connectivity index (χ1n) is 9.53. The van der Waals surface area contributed by atoms with Gasteiger partial charge in [0.15, 0.2) is 0 Å². The lowest BCUT2D eigenvalue weighted by Crippen LogP contribution is -2.11. The van der Waals surface area contributed by atoms with Crippen molar-refractivity contribution in [3.05, 3.63) is 95.8 Å². The van der Waals surface area contributed by atoms with E-state index in [2.05, 4.69) is 38.3 Å². The summed E-state index contributed by atoms with van der Waals surface area (Å²) in [6.07, 6.45) is 3.54. The van der Waals surface area contributed by atoms with E-state index in [0.717, 1.165) is 27.4 Å². The van der Waals surface area contributed by atoms with Gasteiger partial charge in [0.2, 0.25) is 0 Å². The molecule has 0 saturated heterocycles. The predicted octanol–water partition coefficient (Wildman–Crippen LogP) is 4.69. The zero-order chi connectivity index (χ0) is 20.5.